The smallest absolute Gasteiger partial charge is 0.347 e. The van der Waals surface area contributed by atoms with Crippen molar-refractivity contribution in [3.05, 3.63) is 113 Å². The van der Waals surface area contributed by atoms with Crippen molar-refractivity contribution in [2.24, 2.45) is 0 Å². The second-order valence-corrected chi connectivity index (χ2v) is 15.3. The molecule has 0 unspecified atom stereocenters. The maximum Gasteiger partial charge on any atom is 0.347 e. The van der Waals surface area contributed by atoms with E-state index in [2.05, 4.69) is 20.8 Å². The Kier molecular flexibility index (Phi) is 21.8. The van der Waals surface area contributed by atoms with Crippen LogP contribution in [0.25, 0.3) is 0 Å². The number of esters is 3. The van der Waals surface area contributed by atoms with Gasteiger partial charge in [-0.05, 0) is 110 Å². The zero-order valence-corrected chi connectivity index (χ0v) is 35.8. The van der Waals surface area contributed by atoms with Gasteiger partial charge in [0, 0.05) is 0 Å². The molecule has 0 atom stereocenters. The zero-order chi connectivity index (χ0) is 41.9. The fourth-order valence-corrected chi connectivity index (χ4v) is 6.66. The highest BCUT2D eigenvalue weighted by molar-refractivity contribution is 5.98. The van der Waals surface area contributed by atoms with E-state index in [4.69, 9.17) is 23.7 Å². The van der Waals surface area contributed by atoms with Gasteiger partial charge in [0.2, 0.25) is 0 Å². The fourth-order valence-electron chi connectivity index (χ4n) is 6.66. The summed E-state index contributed by atoms with van der Waals surface area (Å²) >= 11 is 0. The molecule has 0 saturated heterocycles. The summed E-state index contributed by atoms with van der Waals surface area (Å²) in [6.07, 6.45) is 22.3. The molecule has 318 valence electrons. The molecule has 59 heavy (non-hydrogen) atoms. The molecule has 4 aromatic rings. The highest BCUT2D eigenvalue weighted by Crippen LogP contribution is 2.29. The first-order valence-corrected chi connectivity index (χ1v) is 22.2. The molecule has 0 radical (unpaired) electrons. The van der Waals surface area contributed by atoms with Gasteiger partial charge in [0.1, 0.15) is 34.3 Å². The average molecular weight is 807 g/mol. The van der Waals surface area contributed by atoms with Gasteiger partial charge in [-0.15, -0.1) is 0 Å². The van der Waals surface area contributed by atoms with Crippen LogP contribution in [-0.4, -0.2) is 31.1 Å². The lowest BCUT2D eigenvalue weighted by Gasteiger charge is -2.13. The van der Waals surface area contributed by atoms with Crippen LogP contribution >= 0.6 is 0 Å². The van der Waals surface area contributed by atoms with E-state index in [-0.39, 0.29) is 22.6 Å². The summed E-state index contributed by atoms with van der Waals surface area (Å²) in [5.74, 6) is -0.297. The number of ether oxygens (including phenoxy) is 5. The van der Waals surface area contributed by atoms with E-state index in [9.17, 15) is 14.4 Å². The third-order valence-electron chi connectivity index (χ3n) is 10.3. The van der Waals surface area contributed by atoms with Crippen LogP contribution in [0.15, 0.2) is 91.0 Å². The van der Waals surface area contributed by atoms with Crippen LogP contribution in [0.3, 0.4) is 0 Å². The molecule has 4 rings (SSSR count). The number of carbonyl (C=O) groups is 3. The van der Waals surface area contributed by atoms with E-state index in [0.29, 0.717) is 36.0 Å². The first-order chi connectivity index (χ1) is 28.9. The van der Waals surface area contributed by atoms with Crippen LogP contribution in [0.2, 0.25) is 0 Å². The van der Waals surface area contributed by atoms with E-state index < -0.39 is 17.9 Å². The second kappa shape index (κ2) is 27.6. The van der Waals surface area contributed by atoms with Crippen molar-refractivity contribution in [1.82, 2.24) is 0 Å². The SMILES string of the molecule is CCCCCCCCOc1ccc(C(=O)Oc2ccc(OC(=O)c3ccc(OCCCCCCCC)cc3)c(C(=O)Oc3ccc(CCCCCCCC)cc3)c2)cc1. The second-order valence-electron chi connectivity index (χ2n) is 15.3. The van der Waals surface area contributed by atoms with Crippen LogP contribution in [0.4, 0.5) is 0 Å². The summed E-state index contributed by atoms with van der Waals surface area (Å²) in [5, 5.41) is 0. The average Bonchev–Trinajstić information content (AvgIpc) is 3.25. The molecule has 8 heteroatoms. The van der Waals surface area contributed by atoms with Crippen LogP contribution in [-0.2, 0) is 6.42 Å². The minimum Gasteiger partial charge on any atom is -0.494 e. The molecule has 0 aromatic heterocycles. The third-order valence-corrected chi connectivity index (χ3v) is 10.3. The monoisotopic (exact) mass is 806 g/mol. The number of unbranched alkanes of at least 4 members (excludes halogenated alkanes) is 15. The summed E-state index contributed by atoms with van der Waals surface area (Å²) in [6.45, 7) is 7.86. The Balaban J connectivity index is 1.40. The predicted molar refractivity (Wildman–Crippen MR) is 235 cm³/mol. The molecule has 0 aliphatic heterocycles. The summed E-state index contributed by atoms with van der Waals surface area (Å²) in [7, 11) is 0. The number of carbonyl (C=O) groups excluding carboxylic acids is 3. The Labute approximate surface area is 353 Å². The molecule has 0 N–H and O–H groups in total. The van der Waals surface area contributed by atoms with Gasteiger partial charge in [-0.25, -0.2) is 14.4 Å². The first-order valence-electron chi connectivity index (χ1n) is 22.2. The molecule has 8 nitrogen and oxygen atoms in total. The van der Waals surface area contributed by atoms with Crippen molar-refractivity contribution in [2.45, 2.75) is 143 Å². The molecule has 0 fully saturated rings. The van der Waals surface area contributed by atoms with E-state index in [1.807, 2.05) is 12.1 Å². The summed E-state index contributed by atoms with van der Waals surface area (Å²) in [6, 6.07) is 25.2. The van der Waals surface area contributed by atoms with Gasteiger partial charge in [0.15, 0.2) is 0 Å². The van der Waals surface area contributed by atoms with Gasteiger partial charge >= 0.3 is 17.9 Å². The Morgan fingerprint density at radius 1 is 0.390 bits per heavy atom. The van der Waals surface area contributed by atoms with Crippen LogP contribution in [0.5, 0.6) is 28.7 Å². The lowest BCUT2D eigenvalue weighted by Crippen LogP contribution is -2.15. The van der Waals surface area contributed by atoms with Gasteiger partial charge in [-0.3, -0.25) is 0 Å². The molecule has 0 spiro atoms. The van der Waals surface area contributed by atoms with Crippen LogP contribution < -0.4 is 23.7 Å². The third kappa shape index (κ3) is 17.7. The Morgan fingerprint density at radius 2 is 0.797 bits per heavy atom. The van der Waals surface area contributed by atoms with E-state index in [0.717, 1.165) is 38.5 Å². The Morgan fingerprint density at radius 3 is 1.31 bits per heavy atom. The molecule has 0 amide bonds. The first kappa shape index (κ1) is 46.6. The number of rotatable bonds is 29. The van der Waals surface area contributed by atoms with Crippen molar-refractivity contribution in [3.8, 4) is 28.7 Å². The molecule has 0 heterocycles. The summed E-state index contributed by atoms with van der Waals surface area (Å²) < 4.78 is 29.0. The summed E-state index contributed by atoms with van der Waals surface area (Å²) in [4.78, 5) is 40.2. The number of benzene rings is 4. The predicted octanol–water partition coefficient (Wildman–Crippen LogP) is 13.7. The minimum absolute atomic E-state index is 0.0326. The standard InChI is InChI=1S/C51H66O8/c1-4-7-10-13-16-19-22-40-23-29-45(30-24-40)57-51(54)47-39-46(58-49(52)41-25-31-43(32-26-41)55-37-20-17-14-11-8-5-2)35-36-48(47)59-50(53)42-27-33-44(34-28-42)56-38-21-18-15-12-9-6-3/h23-36,39H,4-22,37-38H2,1-3H3. The van der Waals surface area contributed by atoms with E-state index in [1.165, 1.54) is 107 Å². The van der Waals surface area contributed by atoms with Crippen molar-refractivity contribution in [3.63, 3.8) is 0 Å². The number of hydrogen-bond acceptors (Lipinski definition) is 8. The van der Waals surface area contributed by atoms with Crippen molar-refractivity contribution >= 4 is 17.9 Å². The maximum absolute atomic E-state index is 13.7. The largest absolute Gasteiger partial charge is 0.494 e. The van der Waals surface area contributed by atoms with Gasteiger partial charge in [-0.2, -0.15) is 0 Å². The van der Waals surface area contributed by atoms with Crippen molar-refractivity contribution in [2.75, 3.05) is 13.2 Å². The van der Waals surface area contributed by atoms with E-state index >= 15 is 0 Å². The lowest BCUT2D eigenvalue weighted by molar-refractivity contribution is 0.0691. The van der Waals surface area contributed by atoms with Gasteiger partial charge in [0.25, 0.3) is 0 Å². The highest BCUT2D eigenvalue weighted by atomic mass is 16.6. The normalized spacial score (nSPS) is 10.9. The van der Waals surface area contributed by atoms with Crippen LogP contribution in [0, 0.1) is 0 Å². The molecular formula is C51H66O8. The van der Waals surface area contributed by atoms with Gasteiger partial charge < -0.3 is 23.7 Å². The maximum atomic E-state index is 13.7. The molecular weight excluding hydrogens is 741 g/mol. The minimum atomic E-state index is -0.764. The van der Waals surface area contributed by atoms with Crippen LogP contribution in [0.1, 0.15) is 173 Å². The Bertz CT molecular complexity index is 1800. The fraction of sp³-hybridized carbons (Fsp3) is 0.471. The summed E-state index contributed by atoms with van der Waals surface area (Å²) in [5.41, 5.74) is 1.70. The lowest BCUT2D eigenvalue weighted by atomic mass is 10.0. The highest BCUT2D eigenvalue weighted by Gasteiger charge is 2.21. The van der Waals surface area contributed by atoms with Gasteiger partial charge in [-0.1, -0.05) is 129 Å². The van der Waals surface area contributed by atoms with E-state index in [1.54, 1.807) is 60.7 Å². The zero-order valence-electron chi connectivity index (χ0n) is 35.8. The topological polar surface area (TPSA) is 97.4 Å². The number of hydrogen-bond donors (Lipinski definition) is 0. The molecule has 0 saturated carbocycles. The molecule has 0 aliphatic rings. The molecule has 0 aliphatic carbocycles. The Hall–Kier alpha value is -5.11. The van der Waals surface area contributed by atoms with Crippen molar-refractivity contribution in [1.29, 1.82) is 0 Å². The van der Waals surface area contributed by atoms with Gasteiger partial charge in [0.05, 0.1) is 24.3 Å². The molecule has 4 aromatic carbocycles. The quantitative estimate of drug-likeness (QED) is 0.0304. The molecule has 0 bridgehead atoms. The van der Waals surface area contributed by atoms with Crippen molar-refractivity contribution < 1.29 is 38.1 Å². The number of aryl methyl sites for hydroxylation is 1.